The molecule has 0 heterocycles. The van der Waals surface area contributed by atoms with E-state index < -0.39 is 21.9 Å². The van der Waals surface area contributed by atoms with Gasteiger partial charge in [-0.3, -0.25) is 0 Å². The summed E-state index contributed by atoms with van der Waals surface area (Å²) in [5, 5.41) is 14.0. The summed E-state index contributed by atoms with van der Waals surface area (Å²) in [7, 11) is -3.70. The highest BCUT2D eigenvalue weighted by molar-refractivity contribution is 7.91. The summed E-state index contributed by atoms with van der Waals surface area (Å²) >= 11 is 5.96. The van der Waals surface area contributed by atoms with Gasteiger partial charge < -0.3 is 19.9 Å². The second kappa shape index (κ2) is 12.9. The highest BCUT2D eigenvalue weighted by Gasteiger charge is 2.18. The second-order valence-electron chi connectivity index (χ2n) is 8.47. The third-order valence-electron chi connectivity index (χ3n) is 5.25. The Kier molecular flexibility index (Phi) is 9.89. The van der Waals surface area contributed by atoms with E-state index in [-0.39, 0.29) is 22.5 Å². The van der Waals surface area contributed by atoms with E-state index in [2.05, 4.69) is 5.32 Å². The molecular weight excluding hydrogens is 502 g/mol. The molecule has 3 aromatic carbocycles. The lowest BCUT2D eigenvalue weighted by Gasteiger charge is -2.13. The van der Waals surface area contributed by atoms with Crippen LogP contribution in [0.5, 0.6) is 5.75 Å². The van der Waals surface area contributed by atoms with Crippen LogP contribution in [-0.2, 0) is 25.8 Å². The number of halogens is 1. The van der Waals surface area contributed by atoms with Crippen LogP contribution in [0.15, 0.2) is 82.6 Å². The molecule has 0 bridgehead atoms. The lowest BCUT2D eigenvalue weighted by atomic mass is 10.1. The predicted molar refractivity (Wildman–Crippen MR) is 138 cm³/mol. The van der Waals surface area contributed by atoms with Crippen LogP contribution in [0.3, 0.4) is 0 Å². The molecule has 0 aliphatic carbocycles. The van der Waals surface area contributed by atoms with Crippen molar-refractivity contribution in [2.75, 3.05) is 19.7 Å². The molecule has 0 fully saturated rings. The first-order valence-electron chi connectivity index (χ1n) is 11.6. The van der Waals surface area contributed by atoms with Gasteiger partial charge >= 0.3 is 5.97 Å². The quantitative estimate of drug-likeness (QED) is 0.264. The highest BCUT2D eigenvalue weighted by atomic mass is 35.5. The molecule has 0 saturated heterocycles. The first kappa shape index (κ1) is 27.7. The SMILES string of the molecule is CC(C)OC(=O)COc1ccc(S(=O)(=O)c2ccc(CCNC[C@H](O)c3cccc(Cl)c3)cc2)cc1. The molecule has 0 amide bonds. The van der Waals surface area contributed by atoms with E-state index in [0.29, 0.717) is 30.3 Å². The minimum absolute atomic E-state index is 0.129. The Labute approximate surface area is 216 Å². The van der Waals surface area contributed by atoms with Crippen LogP contribution >= 0.6 is 11.6 Å². The third-order valence-corrected chi connectivity index (χ3v) is 7.27. The monoisotopic (exact) mass is 531 g/mol. The van der Waals surface area contributed by atoms with Crippen LogP contribution in [0.25, 0.3) is 0 Å². The largest absolute Gasteiger partial charge is 0.482 e. The number of rotatable bonds is 12. The number of carbonyl (C=O) groups is 1. The summed E-state index contributed by atoms with van der Waals surface area (Å²) in [4.78, 5) is 11.9. The van der Waals surface area contributed by atoms with Gasteiger partial charge in [0.1, 0.15) is 5.75 Å². The Balaban J connectivity index is 1.50. The normalized spacial score (nSPS) is 12.4. The number of ether oxygens (including phenoxy) is 2. The Morgan fingerprint density at radius 1 is 1.00 bits per heavy atom. The highest BCUT2D eigenvalue weighted by Crippen LogP contribution is 2.24. The summed E-state index contributed by atoms with van der Waals surface area (Å²) in [6, 6.07) is 19.7. The Hall–Kier alpha value is -2.91. The van der Waals surface area contributed by atoms with Gasteiger partial charge in [0, 0.05) is 11.6 Å². The lowest BCUT2D eigenvalue weighted by Crippen LogP contribution is -2.23. The molecule has 0 unspecified atom stereocenters. The number of hydrogen-bond donors (Lipinski definition) is 2. The van der Waals surface area contributed by atoms with E-state index in [9.17, 15) is 18.3 Å². The van der Waals surface area contributed by atoms with Crippen LogP contribution in [0.2, 0.25) is 5.02 Å². The maximum Gasteiger partial charge on any atom is 0.344 e. The van der Waals surface area contributed by atoms with E-state index in [4.69, 9.17) is 21.1 Å². The first-order chi connectivity index (χ1) is 17.1. The van der Waals surface area contributed by atoms with Gasteiger partial charge in [-0.15, -0.1) is 0 Å². The molecule has 3 aromatic rings. The number of hydrogen-bond acceptors (Lipinski definition) is 7. The summed E-state index contributed by atoms with van der Waals surface area (Å²) in [5.41, 5.74) is 1.72. The van der Waals surface area contributed by atoms with Crippen LogP contribution in [0.4, 0.5) is 0 Å². The zero-order valence-electron chi connectivity index (χ0n) is 20.2. The molecule has 36 heavy (non-hydrogen) atoms. The van der Waals surface area contributed by atoms with Crippen molar-refractivity contribution in [3.05, 3.63) is 88.9 Å². The molecule has 0 spiro atoms. The van der Waals surface area contributed by atoms with Crippen molar-refractivity contribution in [2.24, 2.45) is 0 Å². The minimum atomic E-state index is -3.70. The third kappa shape index (κ3) is 8.06. The van der Waals surface area contributed by atoms with Gasteiger partial charge in [0.25, 0.3) is 0 Å². The fourth-order valence-corrected chi connectivity index (χ4v) is 4.89. The smallest absolute Gasteiger partial charge is 0.344 e. The summed E-state index contributed by atoms with van der Waals surface area (Å²) in [6.07, 6.45) is -0.223. The van der Waals surface area contributed by atoms with Crippen molar-refractivity contribution in [1.82, 2.24) is 5.32 Å². The minimum Gasteiger partial charge on any atom is -0.482 e. The molecule has 0 saturated carbocycles. The van der Waals surface area contributed by atoms with E-state index in [1.54, 1.807) is 56.3 Å². The summed E-state index contributed by atoms with van der Waals surface area (Å²) in [6.45, 7) is 4.24. The molecule has 7 nitrogen and oxygen atoms in total. The summed E-state index contributed by atoms with van der Waals surface area (Å²) < 4.78 is 36.3. The van der Waals surface area contributed by atoms with Crippen molar-refractivity contribution < 1.29 is 27.8 Å². The van der Waals surface area contributed by atoms with E-state index in [1.165, 1.54) is 24.3 Å². The number of nitrogens with one attached hydrogen (secondary N) is 1. The van der Waals surface area contributed by atoms with Crippen molar-refractivity contribution >= 4 is 27.4 Å². The average Bonchev–Trinajstić information content (AvgIpc) is 2.85. The molecule has 1 atom stereocenters. The molecule has 0 aliphatic heterocycles. The van der Waals surface area contributed by atoms with Gasteiger partial charge in [-0.2, -0.15) is 0 Å². The van der Waals surface area contributed by atoms with Gasteiger partial charge in [-0.05, 0) is 86.5 Å². The molecule has 0 aromatic heterocycles. The molecule has 3 rings (SSSR count). The van der Waals surface area contributed by atoms with Gasteiger partial charge in [0.15, 0.2) is 6.61 Å². The molecular formula is C27H30ClNO6S. The first-order valence-corrected chi connectivity index (χ1v) is 13.4. The van der Waals surface area contributed by atoms with E-state index in [1.807, 2.05) is 6.07 Å². The van der Waals surface area contributed by atoms with Crippen molar-refractivity contribution in [3.63, 3.8) is 0 Å². The number of aliphatic hydroxyl groups excluding tert-OH is 1. The molecule has 0 aliphatic rings. The molecule has 9 heteroatoms. The van der Waals surface area contributed by atoms with Gasteiger partial charge in [0.05, 0.1) is 22.0 Å². The number of benzene rings is 3. The standard InChI is InChI=1S/C27H30ClNO6S/c1-19(2)35-27(31)18-34-23-8-12-25(13-9-23)36(32,33)24-10-6-20(7-11-24)14-15-29-17-26(30)21-4-3-5-22(28)16-21/h3-13,16,19,26,29-30H,14-15,17-18H2,1-2H3/t26-/m0/s1. The Morgan fingerprint density at radius 2 is 1.64 bits per heavy atom. The molecule has 192 valence electrons. The number of carbonyl (C=O) groups excluding carboxylic acids is 1. The van der Waals surface area contributed by atoms with Crippen molar-refractivity contribution in [3.8, 4) is 5.75 Å². The van der Waals surface area contributed by atoms with E-state index >= 15 is 0 Å². The van der Waals surface area contributed by atoms with Crippen molar-refractivity contribution in [1.29, 1.82) is 0 Å². The Morgan fingerprint density at radius 3 is 2.25 bits per heavy atom. The zero-order valence-corrected chi connectivity index (χ0v) is 21.8. The molecule has 2 N–H and O–H groups in total. The van der Waals surface area contributed by atoms with Gasteiger partial charge in [0.2, 0.25) is 9.84 Å². The number of sulfone groups is 1. The number of aliphatic hydroxyl groups is 1. The Bertz CT molecular complexity index is 1240. The second-order valence-corrected chi connectivity index (χ2v) is 10.9. The summed E-state index contributed by atoms with van der Waals surface area (Å²) in [5.74, 6) is -0.118. The van der Waals surface area contributed by atoms with Gasteiger partial charge in [-0.25, -0.2) is 13.2 Å². The fourth-order valence-electron chi connectivity index (χ4n) is 3.43. The van der Waals surface area contributed by atoms with Crippen LogP contribution in [0, 0.1) is 0 Å². The average molecular weight is 532 g/mol. The lowest BCUT2D eigenvalue weighted by molar-refractivity contribution is -0.149. The topological polar surface area (TPSA) is 102 Å². The van der Waals surface area contributed by atoms with E-state index in [0.717, 1.165) is 11.1 Å². The zero-order chi connectivity index (χ0) is 26.1. The van der Waals surface area contributed by atoms with Crippen LogP contribution in [-0.4, -0.2) is 45.3 Å². The fraction of sp³-hybridized carbons (Fsp3) is 0.296. The maximum absolute atomic E-state index is 13.0. The number of esters is 1. The predicted octanol–water partition coefficient (Wildman–Crippen LogP) is 4.37. The van der Waals surface area contributed by atoms with Gasteiger partial charge in [-0.1, -0.05) is 35.9 Å². The van der Waals surface area contributed by atoms with Crippen LogP contribution < -0.4 is 10.1 Å². The van der Waals surface area contributed by atoms with Crippen LogP contribution in [0.1, 0.15) is 31.1 Å². The molecule has 0 radical (unpaired) electrons. The van der Waals surface area contributed by atoms with Crippen molar-refractivity contribution in [2.45, 2.75) is 42.3 Å². The maximum atomic E-state index is 13.0.